The summed E-state index contributed by atoms with van der Waals surface area (Å²) in [6, 6.07) is 4.23. The highest BCUT2D eigenvalue weighted by molar-refractivity contribution is 5.47. The number of hydrogen-bond acceptors (Lipinski definition) is 3. The Labute approximate surface area is 111 Å². The third-order valence-corrected chi connectivity index (χ3v) is 3.90. The van der Waals surface area contributed by atoms with Crippen LogP contribution in [0.5, 0.6) is 0 Å². The summed E-state index contributed by atoms with van der Waals surface area (Å²) in [5, 5.41) is 3.47. The number of anilines is 1. The summed E-state index contributed by atoms with van der Waals surface area (Å²) in [4.78, 5) is 7.04. The van der Waals surface area contributed by atoms with Gasteiger partial charge in [0.1, 0.15) is 5.82 Å². The first-order valence-corrected chi connectivity index (χ1v) is 7.12. The summed E-state index contributed by atoms with van der Waals surface area (Å²) in [7, 11) is 0. The van der Waals surface area contributed by atoms with E-state index in [1.54, 1.807) is 0 Å². The van der Waals surface area contributed by atoms with E-state index >= 15 is 0 Å². The molecule has 1 aliphatic rings. The van der Waals surface area contributed by atoms with Gasteiger partial charge in [0.15, 0.2) is 0 Å². The molecule has 3 heteroatoms. The molecule has 1 aromatic rings. The van der Waals surface area contributed by atoms with Gasteiger partial charge in [-0.1, -0.05) is 26.8 Å². The SMILES string of the molecule is CCCNCc1cccnc1N1CC(C)C(C)C1. The average molecular weight is 247 g/mol. The average Bonchev–Trinajstić information content (AvgIpc) is 2.70. The Kier molecular flexibility index (Phi) is 4.59. The molecule has 1 saturated heterocycles. The normalized spacial score (nSPS) is 23.6. The Hall–Kier alpha value is -1.09. The fourth-order valence-electron chi connectivity index (χ4n) is 2.56. The summed E-state index contributed by atoms with van der Waals surface area (Å²) in [6.07, 6.45) is 3.08. The monoisotopic (exact) mass is 247 g/mol. The molecule has 2 atom stereocenters. The van der Waals surface area contributed by atoms with Crippen LogP contribution in [0.15, 0.2) is 18.3 Å². The van der Waals surface area contributed by atoms with E-state index in [9.17, 15) is 0 Å². The topological polar surface area (TPSA) is 28.2 Å². The van der Waals surface area contributed by atoms with E-state index in [1.807, 2.05) is 12.3 Å². The lowest BCUT2D eigenvalue weighted by Crippen LogP contribution is -2.24. The second-order valence-electron chi connectivity index (χ2n) is 5.52. The second-order valence-corrected chi connectivity index (χ2v) is 5.52. The van der Waals surface area contributed by atoms with Crippen LogP contribution in [0.1, 0.15) is 32.8 Å². The molecule has 1 aliphatic heterocycles. The largest absolute Gasteiger partial charge is 0.356 e. The van der Waals surface area contributed by atoms with Crippen LogP contribution in [0.2, 0.25) is 0 Å². The first-order valence-electron chi connectivity index (χ1n) is 7.12. The number of nitrogens with one attached hydrogen (secondary N) is 1. The van der Waals surface area contributed by atoms with Crippen molar-refractivity contribution in [3.05, 3.63) is 23.9 Å². The van der Waals surface area contributed by atoms with E-state index in [-0.39, 0.29) is 0 Å². The first kappa shape index (κ1) is 13.3. The molecule has 1 aromatic heterocycles. The molecule has 0 amide bonds. The minimum absolute atomic E-state index is 0.767. The lowest BCUT2D eigenvalue weighted by molar-refractivity contribution is 0.494. The van der Waals surface area contributed by atoms with Gasteiger partial charge in [0.25, 0.3) is 0 Å². The molecule has 3 nitrogen and oxygen atoms in total. The fraction of sp³-hybridized carbons (Fsp3) is 0.667. The van der Waals surface area contributed by atoms with Gasteiger partial charge < -0.3 is 10.2 Å². The fourth-order valence-corrected chi connectivity index (χ4v) is 2.56. The van der Waals surface area contributed by atoms with E-state index in [1.165, 1.54) is 17.8 Å². The maximum Gasteiger partial charge on any atom is 0.133 e. The Balaban J connectivity index is 2.07. The maximum atomic E-state index is 4.59. The molecule has 18 heavy (non-hydrogen) atoms. The summed E-state index contributed by atoms with van der Waals surface area (Å²) in [5.74, 6) is 2.71. The molecule has 0 aliphatic carbocycles. The van der Waals surface area contributed by atoms with Crippen LogP contribution in [0.4, 0.5) is 5.82 Å². The molecule has 100 valence electrons. The van der Waals surface area contributed by atoms with Crippen LogP contribution in [0.25, 0.3) is 0 Å². The molecule has 1 N–H and O–H groups in total. The molecule has 0 saturated carbocycles. The van der Waals surface area contributed by atoms with Gasteiger partial charge in [-0.25, -0.2) is 4.98 Å². The van der Waals surface area contributed by atoms with Crippen molar-refractivity contribution in [1.82, 2.24) is 10.3 Å². The van der Waals surface area contributed by atoms with E-state index in [0.717, 1.165) is 38.0 Å². The molecule has 0 spiro atoms. The van der Waals surface area contributed by atoms with Crippen molar-refractivity contribution in [3.63, 3.8) is 0 Å². The van der Waals surface area contributed by atoms with E-state index in [2.05, 4.69) is 42.0 Å². The van der Waals surface area contributed by atoms with Gasteiger partial charge in [-0.3, -0.25) is 0 Å². The van der Waals surface area contributed by atoms with E-state index in [4.69, 9.17) is 0 Å². The molecule has 0 radical (unpaired) electrons. The lowest BCUT2D eigenvalue weighted by Gasteiger charge is -2.20. The molecule has 2 heterocycles. The van der Waals surface area contributed by atoms with Gasteiger partial charge >= 0.3 is 0 Å². The van der Waals surface area contributed by atoms with Crippen LogP contribution in [-0.2, 0) is 6.54 Å². The molecule has 2 unspecified atom stereocenters. The molecule has 0 aromatic carbocycles. The van der Waals surface area contributed by atoms with E-state index in [0.29, 0.717) is 0 Å². The van der Waals surface area contributed by atoms with Gasteiger partial charge in [0.2, 0.25) is 0 Å². The van der Waals surface area contributed by atoms with Crippen molar-refractivity contribution < 1.29 is 0 Å². The van der Waals surface area contributed by atoms with E-state index < -0.39 is 0 Å². The highest BCUT2D eigenvalue weighted by Crippen LogP contribution is 2.28. The van der Waals surface area contributed by atoms with Crippen molar-refractivity contribution in [2.45, 2.75) is 33.7 Å². The molecule has 2 rings (SSSR count). The Morgan fingerprint density at radius 2 is 2.06 bits per heavy atom. The number of rotatable bonds is 5. The van der Waals surface area contributed by atoms with Crippen LogP contribution in [0, 0.1) is 11.8 Å². The lowest BCUT2D eigenvalue weighted by atomic mass is 10.0. The van der Waals surface area contributed by atoms with Crippen molar-refractivity contribution in [1.29, 1.82) is 0 Å². The minimum Gasteiger partial charge on any atom is -0.356 e. The predicted octanol–water partition coefficient (Wildman–Crippen LogP) is 2.67. The smallest absolute Gasteiger partial charge is 0.133 e. The van der Waals surface area contributed by atoms with Crippen LogP contribution in [-0.4, -0.2) is 24.6 Å². The van der Waals surface area contributed by atoms with Crippen LogP contribution >= 0.6 is 0 Å². The molecular weight excluding hydrogens is 222 g/mol. The number of hydrogen-bond donors (Lipinski definition) is 1. The van der Waals surface area contributed by atoms with Gasteiger partial charge in [0.05, 0.1) is 0 Å². The highest BCUT2D eigenvalue weighted by Gasteiger charge is 2.27. The number of aromatic nitrogens is 1. The summed E-state index contributed by atoms with van der Waals surface area (Å²) in [5.41, 5.74) is 1.33. The zero-order valence-electron chi connectivity index (χ0n) is 11.8. The summed E-state index contributed by atoms with van der Waals surface area (Å²) >= 11 is 0. The summed E-state index contributed by atoms with van der Waals surface area (Å²) < 4.78 is 0. The quantitative estimate of drug-likeness (QED) is 0.811. The van der Waals surface area contributed by atoms with Gasteiger partial charge in [-0.15, -0.1) is 0 Å². The van der Waals surface area contributed by atoms with Crippen LogP contribution < -0.4 is 10.2 Å². The Morgan fingerprint density at radius 1 is 1.33 bits per heavy atom. The van der Waals surface area contributed by atoms with Crippen molar-refractivity contribution in [3.8, 4) is 0 Å². The number of nitrogens with zero attached hydrogens (tertiary/aromatic N) is 2. The van der Waals surface area contributed by atoms with Crippen molar-refractivity contribution in [2.75, 3.05) is 24.5 Å². The Bertz CT molecular complexity index is 368. The van der Waals surface area contributed by atoms with Crippen molar-refractivity contribution >= 4 is 5.82 Å². The molecule has 0 bridgehead atoms. The highest BCUT2D eigenvalue weighted by atomic mass is 15.2. The van der Waals surface area contributed by atoms with Gasteiger partial charge in [-0.05, 0) is 30.9 Å². The minimum atomic E-state index is 0.767. The Morgan fingerprint density at radius 3 is 2.72 bits per heavy atom. The molecule has 1 fully saturated rings. The predicted molar refractivity (Wildman–Crippen MR) is 76.8 cm³/mol. The second kappa shape index (κ2) is 6.19. The number of pyridine rings is 1. The van der Waals surface area contributed by atoms with Gasteiger partial charge in [0, 0.05) is 31.4 Å². The van der Waals surface area contributed by atoms with Crippen LogP contribution in [0.3, 0.4) is 0 Å². The zero-order valence-corrected chi connectivity index (χ0v) is 11.8. The third-order valence-electron chi connectivity index (χ3n) is 3.90. The van der Waals surface area contributed by atoms with Crippen molar-refractivity contribution in [2.24, 2.45) is 11.8 Å². The van der Waals surface area contributed by atoms with Gasteiger partial charge in [-0.2, -0.15) is 0 Å². The summed E-state index contributed by atoms with van der Waals surface area (Å²) in [6.45, 7) is 11.1. The zero-order chi connectivity index (χ0) is 13.0. The molecular formula is C15H25N3. The first-order chi connectivity index (χ1) is 8.72. The standard InChI is InChI=1S/C15H25N3/c1-4-7-16-9-14-6-5-8-17-15(14)18-10-12(2)13(3)11-18/h5-6,8,12-13,16H,4,7,9-11H2,1-3H3. The maximum absolute atomic E-state index is 4.59. The third kappa shape index (κ3) is 3.02.